The van der Waals surface area contributed by atoms with E-state index in [1.807, 2.05) is 0 Å². The summed E-state index contributed by atoms with van der Waals surface area (Å²) in [6.07, 6.45) is 36.3. The van der Waals surface area contributed by atoms with Crippen LogP contribution in [0.15, 0.2) is 0 Å². The van der Waals surface area contributed by atoms with E-state index in [9.17, 15) is 43.2 Å². The Labute approximate surface area is 517 Å². The molecule has 3 N–H and O–H groups in total. The first-order valence-corrected chi connectivity index (χ1v) is 37.2. The van der Waals surface area contributed by atoms with E-state index in [1.165, 1.54) is 116 Å². The third-order valence-electron chi connectivity index (χ3n) is 15.4. The number of carbonyl (C=O) groups excluding carboxylic acids is 4. The molecule has 0 amide bonds. The average Bonchev–Trinajstić information content (AvgIpc) is 3.64. The highest BCUT2D eigenvalue weighted by molar-refractivity contribution is 7.47. The van der Waals surface area contributed by atoms with Gasteiger partial charge in [-0.25, -0.2) is 9.13 Å². The first-order valence-electron chi connectivity index (χ1n) is 34.2. The Morgan fingerprint density at radius 3 is 0.835 bits per heavy atom. The summed E-state index contributed by atoms with van der Waals surface area (Å²) < 4.78 is 68.1. The van der Waals surface area contributed by atoms with Crippen molar-refractivity contribution in [2.45, 2.75) is 337 Å². The Morgan fingerprint density at radius 1 is 0.329 bits per heavy atom. The van der Waals surface area contributed by atoms with E-state index >= 15 is 0 Å². The van der Waals surface area contributed by atoms with E-state index in [1.54, 1.807) is 0 Å². The van der Waals surface area contributed by atoms with Crippen LogP contribution in [0.3, 0.4) is 0 Å². The van der Waals surface area contributed by atoms with Crippen LogP contribution in [0.2, 0.25) is 0 Å². The van der Waals surface area contributed by atoms with Gasteiger partial charge in [0.2, 0.25) is 0 Å². The second-order valence-corrected chi connectivity index (χ2v) is 28.4. The second-order valence-electron chi connectivity index (χ2n) is 25.5. The van der Waals surface area contributed by atoms with E-state index in [-0.39, 0.29) is 25.7 Å². The molecule has 19 heteroatoms. The minimum absolute atomic E-state index is 0.102. The Balaban J connectivity index is 5.26. The fourth-order valence-electron chi connectivity index (χ4n) is 9.75. The maximum atomic E-state index is 13.0. The molecule has 0 fully saturated rings. The molecule has 0 heterocycles. The highest BCUT2D eigenvalue weighted by Gasteiger charge is 2.30. The molecule has 0 aliphatic carbocycles. The molecule has 0 saturated heterocycles. The zero-order valence-electron chi connectivity index (χ0n) is 55.2. The molecule has 0 aliphatic heterocycles. The fourth-order valence-corrected chi connectivity index (χ4v) is 11.3. The number of unbranched alkanes of at least 4 members (excludes halogenated alkanes) is 28. The van der Waals surface area contributed by atoms with Gasteiger partial charge in [0.1, 0.15) is 19.3 Å². The Kier molecular flexibility index (Phi) is 54.8. The van der Waals surface area contributed by atoms with Crippen molar-refractivity contribution >= 4 is 39.5 Å². The van der Waals surface area contributed by atoms with Gasteiger partial charge < -0.3 is 33.8 Å². The molecule has 0 spiro atoms. The lowest BCUT2D eigenvalue weighted by atomic mass is 10.00. The second kappa shape index (κ2) is 56.1. The Hall–Kier alpha value is -1.94. The lowest BCUT2D eigenvalue weighted by molar-refractivity contribution is -0.161. The van der Waals surface area contributed by atoms with Crippen molar-refractivity contribution in [2.75, 3.05) is 39.6 Å². The van der Waals surface area contributed by atoms with Gasteiger partial charge in [0, 0.05) is 25.7 Å². The van der Waals surface area contributed by atoms with E-state index in [0.29, 0.717) is 31.6 Å². The number of rotatable bonds is 63. The number of carbonyl (C=O) groups is 4. The van der Waals surface area contributed by atoms with Crippen LogP contribution in [-0.4, -0.2) is 96.7 Å². The van der Waals surface area contributed by atoms with Gasteiger partial charge in [-0.3, -0.25) is 37.3 Å². The predicted molar refractivity (Wildman–Crippen MR) is 340 cm³/mol. The van der Waals surface area contributed by atoms with Crippen LogP contribution < -0.4 is 0 Å². The summed E-state index contributed by atoms with van der Waals surface area (Å²) in [6.45, 7) is 14.0. The first kappa shape index (κ1) is 83.1. The lowest BCUT2D eigenvalue weighted by Gasteiger charge is -2.21. The highest BCUT2D eigenvalue weighted by Crippen LogP contribution is 2.45. The minimum atomic E-state index is -4.95. The first-order chi connectivity index (χ1) is 40.6. The van der Waals surface area contributed by atoms with Crippen LogP contribution in [0.5, 0.6) is 0 Å². The monoisotopic (exact) mass is 1250 g/mol. The third kappa shape index (κ3) is 59.5. The summed E-state index contributed by atoms with van der Waals surface area (Å²) in [4.78, 5) is 72.3. The Bertz CT molecular complexity index is 1700. The summed E-state index contributed by atoms with van der Waals surface area (Å²) in [7, 11) is -9.89. The number of aliphatic hydroxyl groups excluding tert-OH is 1. The summed E-state index contributed by atoms with van der Waals surface area (Å²) in [6, 6.07) is 0. The van der Waals surface area contributed by atoms with E-state index < -0.39 is 97.5 Å². The maximum Gasteiger partial charge on any atom is 0.472 e. The van der Waals surface area contributed by atoms with Crippen LogP contribution in [0.1, 0.15) is 319 Å². The summed E-state index contributed by atoms with van der Waals surface area (Å²) in [5, 5.41) is 10.5. The standard InChI is InChI=1S/C66H128O17P2/c1-9-59(8)45-37-29-24-25-31-39-47-64(69)77-53-62(83-66(71)49-41-33-23-17-20-28-36-44-58(6)7)55-81-85(74,75)79-51-60(67)50-78-84(72,73)80-54-61(52-76-63(68)46-38-30-21-16-15-19-27-35-43-57(4)5)82-65(70)48-40-32-22-14-12-10-11-13-18-26-34-42-56(2)3/h56-62,67H,9-55H2,1-8H3,(H,72,73)(H,74,75)/t59?,60?,61-,62-/m1/s1. The number of aliphatic hydroxyl groups is 1. The van der Waals surface area contributed by atoms with Gasteiger partial charge in [0.25, 0.3) is 0 Å². The number of hydrogen-bond donors (Lipinski definition) is 3. The van der Waals surface area contributed by atoms with Crippen LogP contribution in [0.4, 0.5) is 0 Å². The SMILES string of the molecule is CCC(C)CCCCCCCCC(=O)OC[C@H](COP(=O)(O)OCC(O)COP(=O)(O)OC[C@@H](COC(=O)CCCCCCCCCCC(C)C)OC(=O)CCCCCCCCCCCCCC(C)C)OC(=O)CCCCCCCCCC(C)C. The van der Waals surface area contributed by atoms with Crippen molar-refractivity contribution in [3.05, 3.63) is 0 Å². The number of phosphoric acid groups is 2. The van der Waals surface area contributed by atoms with Gasteiger partial charge in [-0.1, -0.05) is 267 Å². The van der Waals surface area contributed by atoms with Gasteiger partial charge in [-0.05, 0) is 49.4 Å². The molecule has 0 aliphatic rings. The average molecular weight is 1260 g/mol. The predicted octanol–water partition coefficient (Wildman–Crippen LogP) is 18.1. The topological polar surface area (TPSA) is 237 Å². The van der Waals surface area contributed by atoms with Crippen molar-refractivity contribution in [3.63, 3.8) is 0 Å². The quantitative estimate of drug-likeness (QED) is 0.0222. The van der Waals surface area contributed by atoms with Crippen LogP contribution in [0, 0.1) is 23.7 Å². The summed E-state index contributed by atoms with van der Waals surface area (Å²) >= 11 is 0. The maximum absolute atomic E-state index is 13.0. The minimum Gasteiger partial charge on any atom is -0.462 e. The molecule has 0 bridgehead atoms. The molecular formula is C66H128O17P2. The fraction of sp³-hybridized carbons (Fsp3) is 0.939. The molecule has 85 heavy (non-hydrogen) atoms. The molecule has 0 rings (SSSR count). The van der Waals surface area contributed by atoms with E-state index in [4.69, 9.17) is 37.0 Å². The zero-order valence-corrected chi connectivity index (χ0v) is 57.0. The van der Waals surface area contributed by atoms with E-state index in [2.05, 4.69) is 55.4 Å². The van der Waals surface area contributed by atoms with Gasteiger partial charge in [0.05, 0.1) is 26.4 Å². The van der Waals surface area contributed by atoms with Crippen LogP contribution >= 0.6 is 15.6 Å². The molecule has 0 aromatic heterocycles. The van der Waals surface area contributed by atoms with Gasteiger partial charge >= 0.3 is 39.5 Å². The number of esters is 4. The van der Waals surface area contributed by atoms with Crippen molar-refractivity contribution in [2.24, 2.45) is 23.7 Å². The zero-order chi connectivity index (χ0) is 63.2. The smallest absolute Gasteiger partial charge is 0.462 e. The molecule has 504 valence electrons. The molecule has 4 unspecified atom stereocenters. The number of phosphoric ester groups is 2. The molecule has 0 aromatic carbocycles. The Morgan fingerprint density at radius 2 is 0.565 bits per heavy atom. The molecule has 6 atom stereocenters. The molecule has 0 saturated carbocycles. The number of ether oxygens (including phenoxy) is 4. The van der Waals surface area contributed by atoms with E-state index in [0.717, 1.165) is 114 Å². The summed E-state index contributed by atoms with van der Waals surface area (Å²) in [5.41, 5.74) is 0. The van der Waals surface area contributed by atoms with Crippen molar-refractivity contribution in [1.82, 2.24) is 0 Å². The molecule has 17 nitrogen and oxygen atoms in total. The largest absolute Gasteiger partial charge is 0.472 e. The van der Waals surface area contributed by atoms with Crippen molar-refractivity contribution in [1.29, 1.82) is 0 Å². The lowest BCUT2D eigenvalue weighted by Crippen LogP contribution is -2.30. The molecule has 0 aromatic rings. The van der Waals surface area contributed by atoms with Gasteiger partial charge in [0.15, 0.2) is 12.2 Å². The normalized spacial score (nSPS) is 14.7. The van der Waals surface area contributed by atoms with Crippen molar-refractivity contribution in [3.8, 4) is 0 Å². The molecule has 0 radical (unpaired) electrons. The van der Waals surface area contributed by atoms with Crippen molar-refractivity contribution < 1.29 is 80.2 Å². The number of hydrogen-bond acceptors (Lipinski definition) is 15. The van der Waals surface area contributed by atoms with Crippen LogP contribution in [0.25, 0.3) is 0 Å². The van der Waals surface area contributed by atoms with Gasteiger partial charge in [-0.2, -0.15) is 0 Å². The van der Waals surface area contributed by atoms with Gasteiger partial charge in [-0.15, -0.1) is 0 Å². The highest BCUT2D eigenvalue weighted by atomic mass is 31.2. The third-order valence-corrected chi connectivity index (χ3v) is 17.3. The molecular weight excluding hydrogens is 1130 g/mol. The summed E-state index contributed by atoms with van der Waals surface area (Å²) in [5.74, 6) is 0.780. The van der Waals surface area contributed by atoms with Crippen LogP contribution in [-0.2, 0) is 65.4 Å².